The molecule has 2 N–H and O–H groups in total. The predicted octanol–water partition coefficient (Wildman–Crippen LogP) is 4.28. The van der Waals surface area contributed by atoms with E-state index in [1.807, 2.05) is 0 Å². The second-order valence-electron chi connectivity index (χ2n) is 9.63. The number of halogens is 3. The summed E-state index contributed by atoms with van der Waals surface area (Å²) in [6, 6.07) is 6.62. The summed E-state index contributed by atoms with van der Waals surface area (Å²) in [5.41, 5.74) is -2.20. The normalized spacial score (nSPS) is 19.6. The third-order valence-electron chi connectivity index (χ3n) is 6.47. The minimum absolute atomic E-state index is 0.0280. The maximum Gasteiger partial charge on any atom is 0.418 e. The van der Waals surface area contributed by atoms with Gasteiger partial charge in [-0.15, -0.1) is 5.10 Å². The van der Waals surface area contributed by atoms with Gasteiger partial charge in [0.1, 0.15) is 17.5 Å². The van der Waals surface area contributed by atoms with E-state index in [-0.39, 0.29) is 17.5 Å². The summed E-state index contributed by atoms with van der Waals surface area (Å²) in [6.07, 6.45) is 1.24. The van der Waals surface area contributed by atoms with Gasteiger partial charge in [0.2, 0.25) is 0 Å². The SMILES string of the molecule is CC(C)(O)C(On1ncc2cc(NC(=O)c3ncccc3C(F)(F)F)ccc21)C1CCC(C=O)CC1. The van der Waals surface area contributed by atoms with Crippen molar-refractivity contribution in [1.29, 1.82) is 0 Å². The molecule has 1 saturated carbocycles. The molecular formula is C25H27F3N4O4. The number of nitrogens with one attached hydrogen (secondary N) is 1. The highest BCUT2D eigenvalue weighted by Crippen LogP contribution is 2.35. The van der Waals surface area contributed by atoms with Crippen LogP contribution in [0.15, 0.2) is 42.7 Å². The van der Waals surface area contributed by atoms with Crippen molar-refractivity contribution < 1.29 is 32.7 Å². The van der Waals surface area contributed by atoms with E-state index in [0.717, 1.165) is 50.3 Å². The molecule has 1 atom stereocenters. The number of aliphatic hydroxyl groups is 1. The third kappa shape index (κ3) is 5.51. The van der Waals surface area contributed by atoms with Gasteiger partial charge in [-0.3, -0.25) is 9.78 Å². The zero-order valence-corrected chi connectivity index (χ0v) is 19.8. The molecule has 1 aliphatic carbocycles. The number of aldehydes is 1. The van der Waals surface area contributed by atoms with Crippen LogP contribution >= 0.6 is 0 Å². The lowest BCUT2D eigenvalue weighted by molar-refractivity contribution is -0.138. The Morgan fingerprint density at radius 1 is 1.22 bits per heavy atom. The molecule has 0 saturated heterocycles. The van der Waals surface area contributed by atoms with Crippen molar-refractivity contribution in [3.05, 3.63) is 54.0 Å². The quantitative estimate of drug-likeness (QED) is 0.466. The lowest BCUT2D eigenvalue weighted by Gasteiger charge is -2.38. The monoisotopic (exact) mass is 504 g/mol. The summed E-state index contributed by atoms with van der Waals surface area (Å²) in [5, 5.41) is 18.1. The number of amides is 1. The Morgan fingerprint density at radius 3 is 2.58 bits per heavy atom. The topological polar surface area (TPSA) is 106 Å². The number of benzene rings is 1. The highest BCUT2D eigenvalue weighted by molar-refractivity contribution is 6.04. The molecule has 36 heavy (non-hydrogen) atoms. The molecule has 1 fully saturated rings. The molecule has 1 aromatic carbocycles. The summed E-state index contributed by atoms with van der Waals surface area (Å²) in [4.78, 5) is 34.7. The highest BCUT2D eigenvalue weighted by atomic mass is 19.4. The Bertz CT molecular complexity index is 1240. The van der Waals surface area contributed by atoms with Crippen molar-refractivity contribution >= 4 is 28.8 Å². The van der Waals surface area contributed by atoms with Gasteiger partial charge in [0.05, 0.1) is 17.4 Å². The van der Waals surface area contributed by atoms with Crippen LogP contribution in [0.1, 0.15) is 55.6 Å². The average molecular weight is 505 g/mol. The van der Waals surface area contributed by atoms with Crippen LogP contribution in [-0.4, -0.2) is 43.9 Å². The molecule has 2 heterocycles. The Kier molecular flexibility index (Phi) is 7.03. The van der Waals surface area contributed by atoms with Crippen LogP contribution in [-0.2, 0) is 11.0 Å². The maximum atomic E-state index is 13.2. The number of hydrogen-bond acceptors (Lipinski definition) is 6. The smallest absolute Gasteiger partial charge is 0.390 e. The number of hydrogen-bond donors (Lipinski definition) is 2. The molecule has 11 heteroatoms. The molecule has 0 aliphatic heterocycles. The largest absolute Gasteiger partial charge is 0.418 e. The number of rotatable bonds is 7. The van der Waals surface area contributed by atoms with Crippen LogP contribution < -0.4 is 10.2 Å². The van der Waals surface area contributed by atoms with E-state index in [9.17, 15) is 27.9 Å². The van der Waals surface area contributed by atoms with Gasteiger partial charge < -0.3 is 20.1 Å². The van der Waals surface area contributed by atoms with Crippen LogP contribution in [0.4, 0.5) is 18.9 Å². The second-order valence-corrected chi connectivity index (χ2v) is 9.63. The molecule has 4 rings (SSSR count). The summed E-state index contributed by atoms with van der Waals surface area (Å²) in [6.45, 7) is 3.32. The summed E-state index contributed by atoms with van der Waals surface area (Å²) in [7, 11) is 0. The molecule has 2 aromatic heterocycles. The van der Waals surface area contributed by atoms with Crippen molar-refractivity contribution in [3.8, 4) is 0 Å². The minimum atomic E-state index is -4.72. The minimum Gasteiger partial charge on any atom is -0.390 e. The first kappa shape index (κ1) is 25.6. The van der Waals surface area contributed by atoms with E-state index in [4.69, 9.17) is 4.84 Å². The van der Waals surface area contributed by atoms with Gasteiger partial charge in [-0.1, -0.05) is 4.85 Å². The Morgan fingerprint density at radius 2 is 1.94 bits per heavy atom. The molecule has 1 amide bonds. The van der Waals surface area contributed by atoms with Crippen molar-refractivity contribution in [2.45, 2.75) is 57.4 Å². The number of carbonyl (C=O) groups is 2. The lowest BCUT2D eigenvalue weighted by atomic mass is 9.76. The van der Waals surface area contributed by atoms with Gasteiger partial charge in [-0.2, -0.15) is 13.2 Å². The van der Waals surface area contributed by atoms with E-state index >= 15 is 0 Å². The standard InChI is InChI=1S/C25H27F3N4O4/c1-24(2,35)22(16-7-5-15(14-33)6-8-16)36-32-20-10-9-18(12-17(20)13-30-32)31-23(34)21-19(25(26,27)28)4-3-11-29-21/h3-4,9-16,22,35H,5-8H2,1-2H3,(H,31,34). The van der Waals surface area contributed by atoms with Gasteiger partial charge in [0.25, 0.3) is 5.91 Å². The van der Waals surface area contributed by atoms with Gasteiger partial charge in [0, 0.05) is 29.1 Å². The number of carbonyl (C=O) groups excluding carboxylic acids is 2. The van der Waals surface area contributed by atoms with E-state index in [1.165, 1.54) is 17.1 Å². The van der Waals surface area contributed by atoms with Crippen molar-refractivity contribution in [3.63, 3.8) is 0 Å². The van der Waals surface area contributed by atoms with Crippen molar-refractivity contribution in [2.24, 2.45) is 11.8 Å². The summed E-state index contributed by atoms with van der Waals surface area (Å²) >= 11 is 0. The molecule has 0 bridgehead atoms. The summed E-state index contributed by atoms with van der Waals surface area (Å²) in [5.74, 6) is -0.930. The van der Waals surface area contributed by atoms with Gasteiger partial charge in [-0.25, -0.2) is 0 Å². The number of nitrogens with zero attached hydrogens (tertiary/aromatic N) is 3. The van der Waals surface area contributed by atoms with Gasteiger partial charge >= 0.3 is 6.18 Å². The fourth-order valence-electron chi connectivity index (χ4n) is 4.66. The van der Waals surface area contributed by atoms with E-state index < -0.39 is 35.0 Å². The molecule has 8 nitrogen and oxygen atoms in total. The first-order valence-electron chi connectivity index (χ1n) is 11.6. The van der Waals surface area contributed by atoms with Crippen molar-refractivity contribution in [1.82, 2.24) is 14.9 Å². The van der Waals surface area contributed by atoms with Crippen LogP contribution in [0.3, 0.4) is 0 Å². The Balaban J connectivity index is 1.53. The molecule has 1 aliphatic rings. The molecular weight excluding hydrogens is 477 g/mol. The Hall–Kier alpha value is -3.47. The number of pyridine rings is 1. The number of aromatic nitrogens is 3. The zero-order valence-electron chi connectivity index (χ0n) is 19.8. The average Bonchev–Trinajstić information content (AvgIpc) is 3.23. The van der Waals surface area contributed by atoms with Gasteiger partial charge in [-0.05, 0) is 69.9 Å². The molecule has 0 radical (unpaired) electrons. The molecule has 3 aromatic rings. The predicted molar refractivity (Wildman–Crippen MR) is 125 cm³/mol. The van der Waals surface area contributed by atoms with E-state index in [1.54, 1.807) is 26.0 Å². The fraction of sp³-hybridized carbons (Fsp3) is 0.440. The fourth-order valence-corrected chi connectivity index (χ4v) is 4.66. The molecule has 0 spiro atoms. The van der Waals surface area contributed by atoms with E-state index in [2.05, 4.69) is 15.4 Å². The molecule has 1 unspecified atom stereocenters. The van der Waals surface area contributed by atoms with E-state index in [0.29, 0.717) is 10.9 Å². The van der Waals surface area contributed by atoms with Crippen LogP contribution in [0.2, 0.25) is 0 Å². The van der Waals surface area contributed by atoms with Gasteiger partial charge in [0.15, 0.2) is 6.10 Å². The van der Waals surface area contributed by atoms with Crippen LogP contribution in [0.5, 0.6) is 0 Å². The highest BCUT2D eigenvalue weighted by Gasteiger charge is 2.39. The lowest BCUT2D eigenvalue weighted by Crippen LogP contribution is -2.49. The number of anilines is 1. The second kappa shape index (κ2) is 9.88. The number of fused-ring (bicyclic) bond motifs is 1. The van der Waals surface area contributed by atoms with Crippen LogP contribution in [0.25, 0.3) is 10.9 Å². The van der Waals surface area contributed by atoms with Crippen molar-refractivity contribution in [2.75, 3.05) is 5.32 Å². The first-order chi connectivity index (χ1) is 17.0. The zero-order chi connectivity index (χ0) is 26.1. The maximum absolute atomic E-state index is 13.2. The Labute approximate surface area is 205 Å². The summed E-state index contributed by atoms with van der Waals surface area (Å²) < 4.78 is 39.7. The molecule has 192 valence electrons. The van der Waals surface area contributed by atoms with Crippen LogP contribution in [0, 0.1) is 11.8 Å². The number of alkyl halides is 3. The first-order valence-corrected chi connectivity index (χ1v) is 11.6. The third-order valence-corrected chi connectivity index (χ3v) is 6.47.